The van der Waals surface area contributed by atoms with E-state index in [1.807, 2.05) is 0 Å². The Labute approximate surface area is 193 Å². The second-order valence-corrected chi connectivity index (χ2v) is 11.8. The monoisotopic (exact) mass is 451 g/mol. The number of rotatable bonds is 5. The average molecular weight is 452 g/mol. The summed E-state index contributed by atoms with van der Waals surface area (Å²) < 4.78 is 27.5. The van der Waals surface area contributed by atoms with Gasteiger partial charge in [-0.3, -0.25) is 0 Å². The molecule has 0 aromatic rings. The van der Waals surface area contributed by atoms with E-state index in [2.05, 4.69) is 30.9 Å². The Bertz CT molecular complexity index is 718. The molecule has 182 valence electrons. The van der Waals surface area contributed by atoms with E-state index < -0.39 is 24.0 Å². The highest BCUT2D eigenvalue weighted by Gasteiger charge is 2.51. The van der Waals surface area contributed by atoms with Crippen LogP contribution in [0.2, 0.25) is 0 Å². The molecular formula is C27H43F2NO2. The van der Waals surface area contributed by atoms with Crippen LogP contribution in [0.1, 0.15) is 78.6 Å². The molecule has 32 heavy (non-hydrogen) atoms. The molecule has 0 spiro atoms. The Morgan fingerprint density at radius 3 is 2.53 bits per heavy atom. The van der Waals surface area contributed by atoms with Crippen molar-refractivity contribution >= 4 is 0 Å². The van der Waals surface area contributed by atoms with Gasteiger partial charge in [-0.1, -0.05) is 37.1 Å². The van der Waals surface area contributed by atoms with E-state index in [0.717, 1.165) is 32.0 Å². The second kappa shape index (κ2) is 9.46. The maximum atomic E-state index is 13.7. The van der Waals surface area contributed by atoms with Gasteiger partial charge in [0.25, 0.3) is 0 Å². The van der Waals surface area contributed by atoms with Crippen molar-refractivity contribution in [2.24, 2.45) is 29.1 Å². The summed E-state index contributed by atoms with van der Waals surface area (Å²) in [7, 11) is 0. The van der Waals surface area contributed by atoms with Gasteiger partial charge in [-0.05, 0) is 94.4 Å². The number of aliphatic hydroxyl groups excluding tert-OH is 2. The van der Waals surface area contributed by atoms with Crippen molar-refractivity contribution in [3.05, 3.63) is 23.3 Å². The molecule has 2 N–H and O–H groups in total. The van der Waals surface area contributed by atoms with Crippen LogP contribution in [-0.4, -0.2) is 52.9 Å². The third-order valence-electron chi connectivity index (χ3n) is 9.33. The Hall–Kier alpha value is -0.780. The van der Waals surface area contributed by atoms with Crippen molar-refractivity contribution in [1.29, 1.82) is 0 Å². The van der Waals surface area contributed by atoms with E-state index in [-0.39, 0.29) is 0 Å². The van der Waals surface area contributed by atoms with Crippen LogP contribution in [-0.2, 0) is 0 Å². The van der Waals surface area contributed by atoms with Crippen molar-refractivity contribution < 1.29 is 19.0 Å². The molecule has 3 aliphatic carbocycles. The molecule has 0 radical (unpaired) electrons. The van der Waals surface area contributed by atoms with Crippen molar-refractivity contribution in [2.45, 2.75) is 96.7 Å². The highest BCUT2D eigenvalue weighted by Crippen LogP contribution is 2.59. The minimum Gasteiger partial charge on any atom is -0.393 e. The molecule has 5 heteroatoms. The standard InChI is InChI=1S/C27H43F2NO2/c1-18(16-30-12-10-21(17-30)27(3,28)29)24-8-9-25-20(5-4-11-26(24,25)2)7-6-19-13-22(31)15-23(32)14-19/h6-7,18,21-25,31-32H,4-5,8-17H2,1-3H3/b20-7+/t18-,21+,22-,23-,24-,25+,26-/m1/s1. The second-order valence-electron chi connectivity index (χ2n) is 11.8. The number of fused-ring (bicyclic) bond motifs is 1. The predicted molar refractivity (Wildman–Crippen MR) is 125 cm³/mol. The van der Waals surface area contributed by atoms with Gasteiger partial charge in [0.2, 0.25) is 5.92 Å². The molecule has 4 aliphatic rings. The summed E-state index contributed by atoms with van der Waals surface area (Å²) in [6.45, 7) is 8.19. The lowest BCUT2D eigenvalue weighted by Crippen LogP contribution is -2.40. The first-order valence-corrected chi connectivity index (χ1v) is 12.9. The number of halogens is 2. The molecule has 7 atom stereocenters. The van der Waals surface area contributed by atoms with Crippen molar-refractivity contribution in [1.82, 2.24) is 4.90 Å². The molecule has 3 saturated carbocycles. The van der Waals surface area contributed by atoms with Crippen LogP contribution >= 0.6 is 0 Å². The first-order valence-electron chi connectivity index (χ1n) is 12.9. The maximum absolute atomic E-state index is 13.7. The molecule has 1 heterocycles. The van der Waals surface area contributed by atoms with Crippen LogP contribution in [0.5, 0.6) is 0 Å². The van der Waals surface area contributed by atoms with Crippen LogP contribution < -0.4 is 0 Å². The Morgan fingerprint density at radius 2 is 1.88 bits per heavy atom. The Morgan fingerprint density at radius 1 is 1.16 bits per heavy atom. The number of hydrogen-bond acceptors (Lipinski definition) is 3. The fourth-order valence-corrected chi connectivity index (χ4v) is 7.69. The van der Waals surface area contributed by atoms with Crippen molar-refractivity contribution in [3.63, 3.8) is 0 Å². The highest BCUT2D eigenvalue weighted by atomic mass is 19.3. The fraction of sp³-hybridized carbons (Fsp3) is 0.852. The summed E-state index contributed by atoms with van der Waals surface area (Å²) in [6.07, 6.45) is 12.2. The van der Waals surface area contributed by atoms with Gasteiger partial charge in [-0.15, -0.1) is 0 Å². The number of allylic oxidation sites excluding steroid dienone is 3. The molecular weight excluding hydrogens is 408 g/mol. The first kappa shape index (κ1) is 24.3. The number of nitrogens with zero attached hydrogens (tertiary/aromatic N) is 1. The highest BCUT2D eigenvalue weighted by molar-refractivity contribution is 5.26. The lowest BCUT2D eigenvalue weighted by atomic mass is 9.61. The molecule has 4 fully saturated rings. The van der Waals surface area contributed by atoms with Gasteiger partial charge in [0.15, 0.2) is 0 Å². The molecule has 0 bridgehead atoms. The number of likely N-dealkylation sites (tertiary alicyclic amines) is 1. The molecule has 0 aromatic carbocycles. The van der Waals surface area contributed by atoms with Crippen molar-refractivity contribution in [2.75, 3.05) is 19.6 Å². The minimum absolute atomic E-state index is 0.293. The van der Waals surface area contributed by atoms with Crippen LogP contribution in [0.4, 0.5) is 8.78 Å². The van der Waals surface area contributed by atoms with E-state index in [9.17, 15) is 19.0 Å². The lowest BCUT2D eigenvalue weighted by molar-refractivity contribution is -0.0360. The van der Waals surface area contributed by atoms with E-state index in [0.29, 0.717) is 55.4 Å². The van der Waals surface area contributed by atoms with Gasteiger partial charge in [0.05, 0.1) is 12.2 Å². The zero-order chi connectivity index (χ0) is 23.1. The van der Waals surface area contributed by atoms with Gasteiger partial charge in [-0.25, -0.2) is 8.78 Å². The van der Waals surface area contributed by atoms with E-state index in [1.165, 1.54) is 25.7 Å². The van der Waals surface area contributed by atoms with Crippen molar-refractivity contribution in [3.8, 4) is 0 Å². The van der Waals surface area contributed by atoms with Crippen LogP contribution in [0.15, 0.2) is 23.3 Å². The summed E-state index contributed by atoms with van der Waals surface area (Å²) in [5.41, 5.74) is 3.00. The summed E-state index contributed by atoms with van der Waals surface area (Å²) in [5.74, 6) is -1.29. The summed E-state index contributed by atoms with van der Waals surface area (Å²) in [4.78, 5) is 2.28. The van der Waals surface area contributed by atoms with E-state index in [1.54, 1.807) is 5.57 Å². The van der Waals surface area contributed by atoms with E-state index >= 15 is 0 Å². The molecule has 3 nitrogen and oxygen atoms in total. The topological polar surface area (TPSA) is 43.7 Å². The number of alkyl halides is 2. The summed E-state index contributed by atoms with van der Waals surface area (Å²) in [6, 6.07) is 0. The zero-order valence-corrected chi connectivity index (χ0v) is 20.2. The number of hydrogen-bond donors (Lipinski definition) is 2. The third kappa shape index (κ3) is 5.15. The van der Waals surface area contributed by atoms with Gasteiger partial charge < -0.3 is 15.1 Å². The Kier molecular flexibility index (Phi) is 7.20. The maximum Gasteiger partial charge on any atom is 0.249 e. The normalized spacial score (nSPS) is 41.2. The van der Waals surface area contributed by atoms with Crippen LogP contribution in [0, 0.1) is 29.1 Å². The largest absolute Gasteiger partial charge is 0.393 e. The minimum atomic E-state index is -2.57. The Balaban J connectivity index is 1.41. The summed E-state index contributed by atoms with van der Waals surface area (Å²) >= 11 is 0. The van der Waals surface area contributed by atoms with Crippen LogP contribution in [0.3, 0.4) is 0 Å². The zero-order valence-electron chi connectivity index (χ0n) is 20.2. The molecule has 0 unspecified atom stereocenters. The number of aliphatic hydroxyl groups is 2. The molecule has 1 saturated heterocycles. The molecule has 1 aliphatic heterocycles. The van der Waals surface area contributed by atoms with Gasteiger partial charge in [0.1, 0.15) is 0 Å². The van der Waals surface area contributed by atoms with Crippen LogP contribution in [0.25, 0.3) is 0 Å². The van der Waals surface area contributed by atoms with Gasteiger partial charge in [0, 0.05) is 19.0 Å². The third-order valence-corrected chi connectivity index (χ3v) is 9.33. The SMILES string of the molecule is C[C@H](CN1CC[C@H](C(C)(F)F)C1)[C@H]1CC[C@H]2/C(=C/C=C3C[C@@H](O)C[C@H](O)C3)CCC[C@]12C. The van der Waals surface area contributed by atoms with Gasteiger partial charge in [-0.2, -0.15) is 0 Å². The quantitative estimate of drug-likeness (QED) is 0.574. The van der Waals surface area contributed by atoms with Gasteiger partial charge >= 0.3 is 0 Å². The lowest BCUT2D eigenvalue weighted by Gasteiger charge is -2.45. The molecule has 4 rings (SSSR count). The fourth-order valence-electron chi connectivity index (χ4n) is 7.69. The average Bonchev–Trinajstić information content (AvgIpc) is 3.29. The molecule has 0 amide bonds. The summed E-state index contributed by atoms with van der Waals surface area (Å²) in [5, 5.41) is 20.0. The smallest absolute Gasteiger partial charge is 0.249 e. The predicted octanol–water partition coefficient (Wildman–Crippen LogP) is 5.57. The molecule has 0 aromatic heterocycles. The first-order chi connectivity index (χ1) is 15.1. The van der Waals surface area contributed by atoms with E-state index in [4.69, 9.17) is 0 Å².